The van der Waals surface area contributed by atoms with Gasteiger partial charge in [0, 0.05) is 26.7 Å². The molecule has 0 radical (unpaired) electrons. The average Bonchev–Trinajstić information content (AvgIpc) is 2.76. The van der Waals surface area contributed by atoms with E-state index in [2.05, 4.69) is 31.7 Å². The lowest BCUT2D eigenvalue weighted by molar-refractivity contribution is 0.0562. The van der Waals surface area contributed by atoms with Crippen molar-refractivity contribution in [3.8, 4) is 0 Å². The molecule has 0 aromatic heterocycles. The number of aliphatic hydroxyl groups is 1. The molecule has 10 nitrogen and oxygen atoms in total. The van der Waals surface area contributed by atoms with Crippen molar-refractivity contribution in [3.63, 3.8) is 0 Å². The number of nitrogens with one attached hydrogen (secondary N) is 2. The summed E-state index contributed by atoms with van der Waals surface area (Å²) >= 11 is 0. The number of aliphatic imine (C=N–C) groups is 3. The smallest absolute Gasteiger partial charge is 0.264 e. The highest BCUT2D eigenvalue weighted by atomic mass is 32.2. The van der Waals surface area contributed by atoms with Crippen molar-refractivity contribution in [1.82, 2.24) is 14.9 Å². The van der Waals surface area contributed by atoms with Crippen LogP contribution in [0.1, 0.15) is 37.6 Å². The van der Waals surface area contributed by atoms with Crippen LogP contribution >= 0.6 is 0 Å². The zero-order valence-corrected chi connectivity index (χ0v) is 20.4. The summed E-state index contributed by atoms with van der Waals surface area (Å²) in [6.45, 7) is 9.26. The van der Waals surface area contributed by atoms with Crippen molar-refractivity contribution in [2.75, 3.05) is 34.3 Å². The van der Waals surface area contributed by atoms with Crippen molar-refractivity contribution < 1.29 is 18.3 Å². The van der Waals surface area contributed by atoms with E-state index in [-0.39, 0.29) is 35.0 Å². The number of sulfonamides is 1. The van der Waals surface area contributed by atoms with Gasteiger partial charge in [0.2, 0.25) is 5.96 Å². The van der Waals surface area contributed by atoms with Gasteiger partial charge in [-0.2, -0.15) is 0 Å². The van der Waals surface area contributed by atoms with E-state index >= 15 is 0 Å². The van der Waals surface area contributed by atoms with Gasteiger partial charge in [0.15, 0.2) is 0 Å². The standard InChI is InChI=1S/C21H34N6O4S/c1-21(2,3)12-16(14-28)27(13-18(22-4)23-5)19(29)15-9-8-10-17(11-15)32(30,31)26-20(24-6)25-7/h8-11,16,28H,4,12-14H2,1-3,5-7H3,(H2,24,25,26)/t16-/m1/s1. The SMILES string of the molecule is C=NC(CN(C(=O)c1cccc(S(=O)(=O)NC(=NC)NC)c1)[C@@H](CO)CC(C)(C)C)=NC. The lowest BCUT2D eigenvalue weighted by Gasteiger charge is -2.34. The van der Waals surface area contributed by atoms with Crippen LogP contribution in [0.2, 0.25) is 0 Å². The monoisotopic (exact) mass is 466 g/mol. The topological polar surface area (TPSA) is 136 Å². The Hall–Kier alpha value is -2.79. The third-order valence-corrected chi connectivity index (χ3v) is 5.93. The van der Waals surface area contributed by atoms with Crippen LogP contribution in [-0.2, 0) is 10.0 Å². The molecule has 0 fully saturated rings. The molecule has 0 spiro atoms. The summed E-state index contributed by atoms with van der Waals surface area (Å²) in [5.74, 6) is -0.0585. The van der Waals surface area contributed by atoms with E-state index in [1.165, 1.54) is 50.3 Å². The first-order valence-corrected chi connectivity index (χ1v) is 11.5. The highest BCUT2D eigenvalue weighted by Gasteiger charge is 2.30. The predicted octanol–water partition coefficient (Wildman–Crippen LogP) is 1.14. The van der Waals surface area contributed by atoms with Gasteiger partial charge in [0.25, 0.3) is 15.9 Å². The normalized spacial score (nSPS) is 14.0. The van der Waals surface area contributed by atoms with E-state index in [1.54, 1.807) is 0 Å². The van der Waals surface area contributed by atoms with Gasteiger partial charge in [-0.25, -0.2) is 18.1 Å². The second-order valence-corrected chi connectivity index (χ2v) is 9.97. The minimum absolute atomic E-state index is 0.0295. The fourth-order valence-electron chi connectivity index (χ4n) is 3.05. The van der Waals surface area contributed by atoms with Crippen LogP contribution in [0.4, 0.5) is 0 Å². The summed E-state index contributed by atoms with van der Waals surface area (Å²) in [6, 6.07) is 5.16. The number of hydrogen-bond acceptors (Lipinski definition) is 6. The molecule has 1 amide bonds. The second kappa shape index (κ2) is 11.7. The van der Waals surface area contributed by atoms with Crippen molar-refractivity contribution in [2.45, 2.75) is 38.1 Å². The van der Waals surface area contributed by atoms with Crippen LogP contribution in [0.25, 0.3) is 0 Å². The maximum Gasteiger partial charge on any atom is 0.264 e. The number of hydrogen-bond donors (Lipinski definition) is 3. The van der Waals surface area contributed by atoms with E-state index in [0.717, 1.165) is 0 Å². The lowest BCUT2D eigenvalue weighted by atomic mass is 9.87. The molecular formula is C21H34N6O4S. The molecule has 11 heteroatoms. The number of benzene rings is 1. The Balaban J connectivity index is 3.41. The molecule has 1 atom stereocenters. The van der Waals surface area contributed by atoms with Gasteiger partial charge in [-0.1, -0.05) is 26.8 Å². The van der Waals surface area contributed by atoms with E-state index in [9.17, 15) is 18.3 Å². The summed E-state index contributed by atoms with van der Waals surface area (Å²) < 4.78 is 27.8. The Morgan fingerprint density at radius 3 is 2.38 bits per heavy atom. The van der Waals surface area contributed by atoms with Crippen LogP contribution in [0.15, 0.2) is 44.1 Å². The number of amides is 1. The zero-order chi connectivity index (χ0) is 24.5. The maximum atomic E-state index is 13.5. The Kier molecular flexibility index (Phi) is 9.98. The third kappa shape index (κ3) is 7.72. The van der Waals surface area contributed by atoms with Gasteiger partial charge in [-0.15, -0.1) is 0 Å². The number of carbonyl (C=O) groups is 1. The molecule has 0 saturated carbocycles. The highest BCUT2D eigenvalue weighted by molar-refractivity contribution is 7.90. The fourth-order valence-corrected chi connectivity index (χ4v) is 4.15. The van der Waals surface area contributed by atoms with Gasteiger partial charge in [-0.3, -0.25) is 14.8 Å². The zero-order valence-electron chi connectivity index (χ0n) is 19.6. The van der Waals surface area contributed by atoms with Gasteiger partial charge < -0.3 is 15.3 Å². The summed E-state index contributed by atoms with van der Waals surface area (Å²) in [5, 5.41) is 12.7. The Morgan fingerprint density at radius 1 is 1.25 bits per heavy atom. The quantitative estimate of drug-likeness (QED) is 0.390. The summed E-state index contributed by atoms with van der Waals surface area (Å²) in [4.78, 5) is 26.5. The number of aliphatic hydroxyl groups excluding tert-OH is 1. The largest absolute Gasteiger partial charge is 0.394 e. The number of guanidine groups is 1. The second-order valence-electron chi connectivity index (χ2n) is 8.29. The first kappa shape index (κ1) is 27.2. The number of amidine groups is 1. The molecule has 0 saturated heterocycles. The van der Waals surface area contributed by atoms with E-state index in [1.807, 2.05) is 20.8 Å². The van der Waals surface area contributed by atoms with E-state index < -0.39 is 22.0 Å². The van der Waals surface area contributed by atoms with Gasteiger partial charge in [0.1, 0.15) is 5.84 Å². The van der Waals surface area contributed by atoms with Crippen molar-refractivity contribution in [3.05, 3.63) is 29.8 Å². The molecule has 32 heavy (non-hydrogen) atoms. The van der Waals surface area contributed by atoms with Gasteiger partial charge in [0.05, 0.1) is 24.1 Å². The fraction of sp³-hybridized carbons (Fsp3) is 0.524. The van der Waals surface area contributed by atoms with E-state index in [0.29, 0.717) is 12.3 Å². The minimum atomic E-state index is -3.97. The molecule has 1 aromatic carbocycles. The first-order valence-electron chi connectivity index (χ1n) is 10.0. The highest BCUT2D eigenvalue weighted by Crippen LogP contribution is 2.25. The van der Waals surface area contributed by atoms with Crippen molar-refractivity contribution in [2.24, 2.45) is 20.4 Å². The molecule has 0 heterocycles. The van der Waals surface area contributed by atoms with Gasteiger partial charge >= 0.3 is 0 Å². The third-order valence-electron chi connectivity index (χ3n) is 4.60. The van der Waals surface area contributed by atoms with E-state index in [4.69, 9.17) is 0 Å². The van der Waals surface area contributed by atoms with Gasteiger partial charge in [-0.05, 0) is 36.8 Å². The molecule has 0 unspecified atom stereocenters. The predicted molar refractivity (Wildman–Crippen MR) is 128 cm³/mol. The average molecular weight is 467 g/mol. The number of nitrogens with zero attached hydrogens (tertiary/aromatic N) is 4. The van der Waals surface area contributed by atoms with Crippen molar-refractivity contribution in [1.29, 1.82) is 0 Å². The molecule has 178 valence electrons. The molecule has 0 aliphatic rings. The summed E-state index contributed by atoms with van der Waals surface area (Å²) in [6.07, 6.45) is 0.515. The number of carbonyl (C=O) groups excluding carboxylic acids is 1. The molecule has 3 N–H and O–H groups in total. The molecular weight excluding hydrogens is 432 g/mol. The minimum Gasteiger partial charge on any atom is -0.394 e. The van der Waals surface area contributed by atoms with Crippen LogP contribution in [0.5, 0.6) is 0 Å². The van der Waals surface area contributed by atoms with Crippen LogP contribution < -0.4 is 10.0 Å². The molecule has 1 rings (SSSR count). The molecule has 0 aliphatic carbocycles. The Morgan fingerprint density at radius 2 is 1.91 bits per heavy atom. The van der Waals surface area contributed by atoms with Crippen LogP contribution in [-0.4, -0.2) is 83.2 Å². The summed E-state index contributed by atoms with van der Waals surface area (Å²) in [5.41, 5.74) is -0.0194. The molecule has 0 bridgehead atoms. The van der Waals surface area contributed by atoms with Crippen molar-refractivity contribution >= 4 is 34.4 Å². The number of rotatable bonds is 8. The Bertz CT molecular complexity index is 967. The maximum absolute atomic E-state index is 13.5. The molecule has 1 aromatic rings. The first-order chi connectivity index (χ1) is 14.9. The van der Waals surface area contributed by atoms with Crippen LogP contribution in [0, 0.1) is 5.41 Å². The molecule has 0 aliphatic heterocycles. The Labute approximate surface area is 190 Å². The lowest BCUT2D eigenvalue weighted by Crippen LogP contribution is -2.46. The van der Waals surface area contributed by atoms with Crippen LogP contribution in [0.3, 0.4) is 0 Å². The summed E-state index contributed by atoms with van der Waals surface area (Å²) in [7, 11) is 0.548.